The first-order valence-electron chi connectivity index (χ1n) is 5.86. The van der Waals surface area contributed by atoms with Crippen LogP contribution in [0.25, 0.3) is 10.8 Å². The van der Waals surface area contributed by atoms with E-state index in [0.29, 0.717) is 17.7 Å². The van der Waals surface area contributed by atoms with Crippen LogP contribution in [0, 0.1) is 0 Å². The van der Waals surface area contributed by atoms with E-state index in [4.69, 9.17) is 16.3 Å². The Hall–Kier alpha value is -1.28. The molecule has 0 aliphatic heterocycles. The molecule has 0 N–H and O–H groups in total. The Morgan fingerprint density at radius 1 is 1.24 bits per heavy atom. The number of fused-ring (bicyclic) bond motifs is 1. The van der Waals surface area contributed by atoms with Gasteiger partial charge in [0.05, 0.1) is 12.3 Å². The zero-order chi connectivity index (χ0) is 12.4. The van der Waals surface area contributed by atoms with Crippen molar-refractivity contribution in [3.05, 3.63) is 35.1 Å². The van der Waals surface area contributed by atoms with Gasteiger partial charge < -0.3 is 4.74 Å². The Labute approximate surface area is 107 Å². The van der Waals surface area contributed by atoms with E-state index in [1.807, 2.05) is 31.2 Å². The number of aromatic nitrogens is 1. The molecule has 0 amide bonds. The Bertz CT molecular complexity index is 537. The summed E-state index contributed by atoms with van der Waals surface area (Å²) in [6, 6.07) is 7.95. The topological polar surface area (TPSA) is 22.1 Å². The first kappa shape index (κ1) is 12.2. The third kappa shape index (κ3) is 2.22. The number of hydrogen-bond acceptors (Lipinski definition) is 2. The van der Waals surface area contributed by atoms with E-state index < -0.39 is 0 Å². The third-order valence-corrected chi connectivity index (χ3v) is 2.97. The number of halogens is 1. The van der Waals surface area contributed by atoms with Crippen molar-refractivity contribution in [2.24, 2.45) is 0 Å². The molecule has 2 aromatic rings. The Morgan fingerprint density at radius 3 is 2.47 bits per heavy atom. The van der Waals surface area contributed by atoms with Gasteiger partial charge >= 0.3 is 0 Å². The van der Waals surface area contributed by atoms with E-state index in [0.717, 1.165) is 22.2 Å². The van der Waals surface area contributed by atoms with Crippen molar-refractivity contribution in [1.82, 2.24) is 4.98 Å². The van der Waals surface area contributed by atoms with Gasteiger partial charge in [-0.1, -0.05) is 49.7 Å². The second-order valence-electron chi connectivity index (χ2n) is 4.25. The molecule has 0 spiro atoms. The van der Waals surface area contributed by atoms with Crippen LogP contribution in [0.5, 0.6) is 5.75 Å². The minimum absolute atomic E-state index is 0.290. The fourth-order valence-corrected chi connectivity index (χ4v) is 2.16. The van der Waals surface area contributed by atoms with Gasteiger partial charge in [-0.3, -0.25) is 0 Å². The number of ether oxygens (including phenoxy) is 1. The highest BCUT2D eigenvalue weighted by molar-refractivity contribution is 6.34. The molecule has 0 atom stereocenters. The lowest BCUT2D eigenvalue weighted by Crippen LogP contribution is -2.02. The lowest BCUT2D eigenvalue weighted by atomic mass is 10.0. The number of hydrogen-bond donors (Lipinski definition) is 0. The lowest BCUT2D eigenvalue weighted by molar-refractivity contribution is 0.337. The molecule has 0 saturated heterocycles. The Balaban J connectivity index is 2.78. The molecule has 2 rings (SSSR count). The van der Waals surface area contributed by atoms with Crippen LogP contribution in [-0.4, -0.2) is 11.6 Å². The van der Waals surface area contributed by atoms with E-state index in [1.54, 1.807) is 0 Å². The van der Waals surface area contributed by atoms with Crippen LogP contribution in [0.4, 0.5) is 0 Å². The maximum absolute atomic E-state index is 6.21. The van der Waals surface area contributed by atoms with Gasteiger partial charge in [0.25, 0.3) is 0 Å². The standard InChI is InChI=1S/C14H16ClNO/c1-4-17-13-10-7-5-6-8-11(10)14(15)16-12(13)9(2)3/h5-9H,4H2,1-3H3. The fraction of sp³-hybridized carbons (Fsp3) is 0.357. The number of benzene rings is 1. The first-order chi connectivity index (χ1) is 8.15. The summed E-state index contributed by atoms with van der Waals surface area (Å²) in [5.74, 6) is 1.15. The number of pyridine rings is 1. The molecule has 0 saturated carbocycles. The molecule has 90 valence electrons. The molecule has 1 heterocycles. The zero-order valence-electron chi connectivity index (χ0n) is 10.3. The maximum atomic E-state index is 6.21. The molecule has 1 aromatic carbocycles. The molecule has 0 aliphatic carbocycles. The summed E-state index contributed by atoms with van der Waals surface area (Å²) in [5.41, 5.74) is 0.926. The fourth-order valence-electron chi connectivity index (χ4n) is 1.90. The Kier molecular flexibility index (Phi) is 3.53. The first-order valence-corrected chi connectivity index (χ1v) is 6.23. The van der Waals surface area contributed by atoms with Gasteiger partial charge in [0.1, 0.15) is 10.9 Å². The van der Waals surface area contributed by atoms with Gasteiger partial charge in [0.2, 0.25) is 0 Å². The molecule has 0 bridgehead atoms. The molecule has 0 radical (unpaired) electrons. The SMILES string of the molecule is CCOc1c(C(C)C)nc(Cl)c2ccccc12. The van der Waals surface area contributed by atoms with Crippen LogP contribution in [0.2, 0.25) is 5.15 Å². The van der Waals surface area contributed by atoms with Crippen LogP contribution in [-0.2, 0) is 0 Å². The summed E-state index contributed by atoms with van der Waals surface area (Å²) in [7, 11) is 0. The Morgan fingerprint density at radius 2 is 1.88 bits per heavy atom. The molecular weight excluding hydrogens is 234 g/mol. The van der Waals surface area contributed by atoms with Crippen LogP contribution in [0.3, 0.4) is 0 Å². The molecule has 1 aromatic heterocycles. The smallest absolute Gasteiger partial charge is 0.148 e. The highest BCUT2D eigenvalue weighted by Crippen LogP contribution is 2.36. The van der Waals surface area contributed by atoms with Crippen molar-refractivity contribution in [2.75, 3.05) is 6.61 Å². The van der Waals surface area contributed by atoms with Crippen molar-refractivity contribution in [1.29, 1.82) is 0 Å². The van der Waals surface area contributed by atoms with Crippen LogP contribution in [0.15, 0.2) is 24.3 Å². The van der Waals surface area contributed by atoms with Crippen molar-refractivity contribution in [2.45, 2.75) is 26.7 Å². The summed E-state index contributed by atoms with van der Waals surface area (Å²) in [6.07, 6.45) is 0. The normalized spacial score (nSPS) is 11.1. The molecule has 0 unspecified atom stereocenters. The number of nitrogens with zero attached hydrogens (tertiary/aromatic N) is 1. The predicted octanol–water partition coefficient (Wildman–Crippen LogP) is 4.41. The van der Waals surface area contributed by atoms with Crippen molar-refractivity contribution >= 4 is 22.4 Å². The van der Waals surface area contributed by atoms with Gasteiger partial charge in [-0.25, -0.2) is 4.98 Å². The predicted molar refractivity (Wildman–Crippen MR) is 72.0 cm³/mol. The second-order valence-corrected chi connectivity index (χ2v) is 4.61. The van der Waals surface area contributed by atoms with Gasteiger partial charge in [-0.2, -0.15) is 0 Å². The average molecular weight is 250 g/mol. The van der Waals surface area contributed by atoms with E-state index >= 15 is 0 Å². The van der Waals surface area contributed by atoms with Crippen LogP contribution >= 0.6 is 11.6 Å². The number of rotatable bonds is 3. The van der Waals surface area contributed by atoms with E-state index in [9.17, 15) is 0 Å². The quantitative estimate of drug-likeness (QED) is 0.752. The van der Waals surface area contributed by atoms with Crippen molar-refractivity contribution < 1.29 is 4.74 Å². The van der Waals surface area contributed by atoms with Crippen LogP contribution < -0.4 is 4.74 Å². The lowest BCUT2D eigenvalue weighted by Gasteiger charge is -2.15. The molecule has 0 fully saturated rings. The molecule has 3 heteroatoms. The van der Waals surface area contributed by atoms with Crippen molar-refractivity contribution in [3.8, 4) is 5.75 Å². The van der Waals surface area contributed by atoms with Crippen molar-refractivity contribution in [3.63, 3.8) is 0 Å². The minimum Gasteiger partial charge on any atom is -0.491 e. The van der Waals surface area contributed by atoms with E-state index in [-0.39, 0.29) is 0 Å². The van der Waals surface area contributed by atoms with Gasteiger partial charge in [-0.05, 0) is 12.8 Å². The summed E-state index contributed by atoms with van der Waals surface area (Å²) < 4.78 is 5.75. The summed E-state index contributed by atoms with van der Waals surface area (Å²) in [4.78, 5) is 4.46. The summed E-state index contributed by atoms with van der Waals surface area (Å²) in [5, 5.41) is 2.54. The summed E-state index contributed by atoms with van der Waals surface area (Å²) in [6.45, 7) is 6.80. The third-order valence-electron chi connectivity index (χ3n) is 2.68. The van der Waals surface area contributed by atoms with E-state index in [1.165, 1.54) is 0 Å². The molecule has 0 aliphatic rings. The monoisotopic (exact) mass is 249 g/mol. The average Bonchev–Trinajstić information content (AvgIpc) is 2.32. The highest BCUT2D eigenvalue weighted by Gasteiger charge is 2.15. The van der Waals surface area contributed by atoms with Crippen LogP contribution in [0.1, 0.15) is 32.4 Å². The van der Waals surface area contributed by atoms with Gasteiger partial charge in [0, 0.05) is 10.8 Å². The molecule has 2 nitrogen and oxygen atoms in total. The largest absolute Gasteiger partial charge is 0.491 e. The molecule has 17 heavy (non-hydrogen) atoms. The zero-order valence-corrected chi connectivity index (χ0v) is 11.1. The van der Waals surface area contributed by atoms with Gasteiger partial charge in [-0.15, -0.1) is 0 Å². The second kappa shape index (κ2) is 4.92. The van der Waals surface area contributed by atoms with Gasteiger partial charge in [0.15, 0.2) is 0 Å². The molecular formula is C14H16ClNO. The van der Waals surface area contributed by atoms with E-state index in [2.05, 4.69) is 18.8 Å². The summed E-state index contributed by atoms with van der Waals surface area (Å²) >= 11 is 6.21. The minimum atomic E-state index is 0.290. The maximum Gasteiger partial charge on any atom is 0.148 e. The highest BCUT2D eigenvalue weighted by atomic mass is 35.5.